The number of rotatable bonds is 18. The SMILES string of the molecule is COCCCOc1cc(CCCCCC[C@@H](C)C(=O)NCCCC(N)=O)ccc1OC. The maximum atomic E-state index is 12.0. The van der Waals surface area contributed by atoms with Crippen LogP contribution in [0, 0.1) is 5.92 Å². The molecule has 0 radical (unpaired) electrons. The maximum Gasteiger partial charge on any atom is 0.222 e. The van der Waals surface area contributed by atoms with Gasteiger partial charge in [0, 0.05) is 39.0 Å². The third-order valence-electron chi connectivity index (χ3n) is 5.18. The molecule has 2 amide bonds. The molecule has 0 spiro atoms. The fourth-order valence-corrected chi connectivity index (χ4v) is 3.29. The van der Waals surface area contributed by atoms with Crippen LogP contribution >= 0.6 is 0 Å². The summed E-state index contributed by atoms with van der Waals surface area (Å²) in [4.78, 5) is 22.7. The molecule has 0 fully saturated rings. The molecule has 0 saturated carbocycles. The van der Waals surface area contributed by atoms with Gasteiger partial charge in [0.1, 0.15) is 0 Å². The first kappa shape index (κ1) is 26.8. The summed E-state index contributed by atoms with van der Waals surface area (Å²) >= 11 is 0. The number of methoxy groups -OCH3 is 2. The lowest BCUT2D eigenvalue weighted by Crippen LogP contribution is -2.30. The average molecular weight is 437 g/mol. The molecule has 1 aromatic carbocycles. The molecule has 0 unspecified atom stereocenters. The number of hydrogen-bond acceptors (Lipinski definition) is 5. The van der Waals surface area contributed by atoms with Crippen LogP contribution in [-0.4, -0.2) is 45.8 Å². The molecule has 1 aromatic rings. The topological polar surface area (TPSA) is 99.9 Å². The minimum absolute atomic E-state index is 0.00650. The third-order valence-corrected chi connectivity index (χ3v) is 5.18. The van der Waals surface area contributed by atoms with E-state index in [2.05, 4.69) is 17.4 Å². The van der Waals surface area contributed by atoms with Gasteiger partial charge in [-0.15, -0.1) is 0 Å². The van der Waals surface area contributed by atoms with Gasteiger partial charge in [-0.3, -0.25) is 9.59 Å². The van der Waals surface area contributed by atoms with Crippen molar-refractivity contribution in [2.75, 3.05) is 34.0 Å². The van der Waals surface area contributed by atoms with Crippen LogP contribution in [0.1, 0.15) is 63.9 Å². The van der Waals surface area contributed by atoms with Gasteiger partial charge in [-0.1, -0.05) is 32.3 Å². The first-order chi connectivity index (χ1) is 15.0. The number of nitrogens with one attached hydrogen (secondary N) is 1. The Morgan fingerprint density at radius 3 is 2.48 bits per heavy atom. The van der Waals surface area contributed by atoms with E-state index in [0.717, 1.165) is 56.4 Å². The second-order valence-electron chi connectivity index (χ2n) is 7.89. The number of hydrogen-bond donors (Lipinski definition) is 2. The highest BCUT2D eigenvalue weighted by Crippen LogP contribution is 2.29. The molecule has 0 aliphatic rings. The van der Waals surface area contributed by atoms with Gasteiger partial charge < -0.3 is 25.3 Å². The van der Waals surface area contributed by atoms with Crippen LogP contribution < -0.4 is 20.5 Å². The van der Waals surface area contributed by atoms with Crippen LogP contribution in [0.4, 0.5) is 0 Å². The minimum Gasteiger partial charge on any atom is -0.493 e. The lowest BCUT2D eigenvalue weighted by atomic mass is 10.00. The Kier molecular flexibility index (Phi) is 14.2. The van der Waals surface area contributed by atoms with E-state index in [4.69, 9.17) is 19.9 Å². The van der Waals surface area contributed by atoms with E-state index in [1.165, 1.54) is 5.56 Å². The summed E-state index contributed by atoms with van der Waals surface area (Å²) < 4.78 is 16.3. The molecule has 31 heavy (non-hydrogen) atoms. The zero-order chi connectivity index (χ0) is 22.9. The van der Waals surface area contributed by atoms with Gasteiger partial charge >= 0.3 is 0 Å². The number of carbonyl (C=O) groups excluding carboxylic acids is 2. The molecular formula is C24H40N2O5. The highest BCUT2D eigenvalue weighted by molar-refractivity contribution is 5.78. The molecule has 7 nitrogen and oxygen atoms in total. The summed E-state index contributed by atoms with van der Waals surface area (Å²) in [6, 6.07) is 6.12. The first-order valence-corrected chi connectivity index (χ1v) is 11.3. The van der Waals surface area contributed by atoms with Crippen LogP contribution in [0.15, 0.2) is 18.2 Å². The van der Waals surface area contributed by atoms with E-state index in [1.807, 2.05) is 13.0 Å². The second-order valence-corrected chi connectivity index (χ2v) is 7.89. The van der Waals surface area contributed by atoms with E-state index in [1.54, 1.807) is 14.2 Å². The molecule has 0 aromatic heterocycles. The largest absolute Gasteiger partial charge is 0.493 e. The van der Waals surface area contributed by atoms with Gasteiger partial charge in [0.25, 0.3) is 0 Å². The van der Waals surface area contributed by atoms with Gasteiger partial charge in [0.05, 0.1) is 13.7 Å². The van der Waals surface area contributed by atoms with Crippen molar-refractivity contribution in [1.29, 1.82) is 0 Å². The Labute approximate surface area is 187 Å². The summed E-state index contributed by atoms with van der Waals surface area (Å²) in [5, 5.41) is 2.87. The predicted octanol–water partition coefficient (Wildman–Crippen LogP) is 3.62. The van der Waals surface area contributed by atoms with Gasteiger partial charge in [0.2, 0.25) is 11.8 Å². The Morgan fingerprint density at radius 1 is 1.00 bits per heavy atom. The number of benzene rings is 1. The van der Waals surface area contributed by atoms with Crippen LogP contribution in [0.3, 0.4) is 0 Å². The van der Waals surface area contributed by atoms with Crippen molar-refractivity contribution in [3.05, 3.63) is 23.8 Å². The van der Waals surface area contributed by atoms with Crippen molar-refractivity contribution in [3.63, 3.8) is 0 Å². The van der Waals surface area contributed by atoms with Crippen LogP contribution in [-0.2, 0) is 20.7 Å². The van der Waals surface area contributed by atoms with Crippen LogP contribution in [0.5, 0.6) is 11.5 Å². The van der Waals surface area contributed by atoms with Crippen molar-refractivity contribution >= 4 is 11.8 Å². The molecule has 3 N–H and O–H groups in total. The molecular weight excluding hydrogens is 396 g/mol. The molecule has 7 heteroatoms. The fourth-order valence-electron chi connectivity index (χ4n) is 3.29. The monoisotopic (exact) mass is 436 g/mol. The zero-order valence-electron chi connectivity index (χ0n) is 19.4. The molecule has 1 rings (SSSR count). The van der Waals surface area contributed by atoms with Gasteiger partial charge in [0.15, 0.2) is 11.5 Å². The van der Waals surface area contributed by atoms with Crippen molar-refractivity contribution in [1.82, 2.24) is 5.32 Å². The van der Waals surface area contributed by atoms with Gasteiger partial charge in [-0.2, -0.15) is 0 Å². The van der Waals surface area contributed by atoms with E-state index in [0.29, 0.717) is 32.6 Å². The molecule has 0 bridgehead atoms. The summed E-state index contributed by atoms with van der Waals surface area (Å²) in [7, 11) is 3.34. The highest BCUT2D eigenvalue weighted by Gasteiger charge is 2.12. The van der Waals surface area contributed by atoms with Crippen LogP contribution in [0.2, 0.25) is 0 Å². The maximum absolute atomic E-state index is 12.0. The van der Waals surface area contributed by atoms with Crippen molar-refractivity contribution in [3.8, 4) is 11.5 Å². The minimum atomic E-state index is -0.331. The van der Waals surface area contributed by atoms with Crippen molar-refractivity contribution < 1.29 is 23.8 Å². The molecule has 176 valence electrons. The quantitative estimate of drug-likeness (QED) is 0.342. The Hall–Kier alpha value is -2.28. The molecule has 0 aliphatic heterocycles. The summed E-state index contributed by atoms with van der Waals surface area (Å²) in [6.07, 6.45) is 7.99. The standard InChI is InChI=1S/C24H40N2O5/c1-19(24(28)26-15-8-12-23(25)27)10-6-4-5-7-11-20-13-14-21(30-3)22(18-20)31-17-9-16-29-2/h13-14,18-19H,4-12,15-17H2,1-3H3,(H2,25,27)(H,26,28)/t19-/m1/s1. The summed E-state index contributed by atoms with van der Waals surface area (Å²) in [5.74, 6) is 1.26. The lowest BCUT2D eigenvalue weighted by molar-refractivity contribution is -0.125. The lowest BCUT2D eigenvalue weighted by Gasteiger charge is -2.13. The van der Waals surface area contributed by atoms with Gasteiger partial charge in [-0.05, 0) is 43.4 Å². The summed E-state index contributed by atoms with van der Waals surface area (Å²) in [6.45, 7) is 3.74. The zero-order valence-corrected chi connectivity index (χ0v) is 19.4. The highest BCUT2D eigenvalue weighted by atomic mass is 16.5. The number of aryl methyl sites for hydroxylation is 1. The van der Waals surface area contributed by atoms with Gasteiger partial charge in [-0.25, -0.2) is 0 Å². The number of primary amides is 1. The molecule has 1 atom stereocenters. The number of carbonyl (C=O) groups is 2. The number of unbranched alkanes of at least 4 members (excludes halogenated alkanes) is 3. The average Bonchev–Trinajstić information content (AvgIpc) is 2.76. The first-order valence-electron chi connectivity index (χ1n) is 11.3. The smallest absolute Gasteiger partial charge is 0.222 e. The van der Waals surface area contributed by atoms with Crippen molar-refractivity contribution in [2.24, 2.45) is 11.7 Å². The fraction of sp³-hybridized carbons (Fsp3) is 0.667. The van der Waals surface area contributed by atoms with E-state index in [-0.39, 0.29) is 17.7 Å². The predicted molar refractivity (Wildman–Crippen MR) is 122 cm³/mol. The summed E-state index contributed by atoms with van der Waals surface area (Å²) in [5.41, 5.74) is 6.34. The third kappa shape index (κ3) is 12.2. The number of nitrogens with two attached hydrogens (primary N) is 1. The normalized spacial score (nSPS) is 11.7. The Bertz CT molecular complexity index is 651. The van der Waals surface area contributed by atoms with E-state index in [9.17, 15) is 9.59 Å². The Balaban J connectivity index is 2.22. The molecule has 0 aliphatic carbocycles. The second kappa shape index (κ2) is 16.4. The Morgan fingerprint density at radius 2 is 1.77 bits per heavy atom. The van der Waals surface area contributed by atoms with Crippen LogP contribution in [0.25, 0.3) is 0 Å². The van der Waals surface area contributed by atoms with E-state index >= 15 is 0 Å². The molecule has 0 saturated heterocycles. The van der Waals surface area contributed by atoms with Crippen molar-refractivity contribution in [2.45, 2.75) is 64.7 Å². The van der Waals surface area contributed by atoms with E-state index < -0.39 is 0 Å². The number of ether oxygens (including phenoxy) is 3. The number of amides is 2. The molecule has 0 heterocycles.